The molecule has 0 atom stereocenters. The summed E-state index contributed by atoms with van der Waals surface area (Å²) in [6, 6.07) is 16.5. The molecule has 6 aromatic carbocycles. The molecule has 0 saturated heterocycles. The van der Waals surface area contributed by atoms with Gasteiger partial charge < -0.3 is 36.0 Å². The summed E-state index contributed by atoms with van der Waals surface area (Å²) in [7, 11) is -10.1. The summed E-state index contributed by atoms with van der Waals surface area (Å²) >= 11 is 0. The van der Waals surface area contributed by atoms with E-state index in [1.807, 2.05) is 0 Å². The fourth-order valence-electron chi connectivity index (χ4n) is 5.30. The number of phenols is 4. The number of aromatic hydroxyl groups is 4. The van der Waals surface area contributed by atoms with Crippen molar-refractivity contribution in [1.29, 1.82) is 0 Å². The minimum atomic E-state index is -5.04. The Morgan fingerprint density at radius 3 is 1.22 bits per heavy atom. The number of phenolic OH excluding ortho intramolecular Hbond substituents is 4. The third kappa shape index (κ3) is 7.65. The van der Waals surface area contributed by atoms with E-state index in [1.165, 1.54) is 36.4 Å². The van der Waals surface area contributed by atoms with Crippen LogP contribution in [0.3, 0.4) is 0 Å². The van der Waals surface area contributed by atoms with E-state index in [2.05, 4.69) is 25.8 Å². The molecular formula is C34H23N5O14S2. The Morgan fingerprint density at radius 1 is 0.509 bits per heavy atom. The number of hydrogen-bond acceptors (Lipinski definition) is 15. The monoisotopic (exact) mass is 789 g/mol. The van der Waals surface area contributed by atoms with E-state index < -0.39 is 76.3 Å². The molecule has 0 spiro atoms. The van der Waals surface area contributed by atoms with Crippen molar-refractivity contribution >= 4 is 87.8 Å². The smallest absolute Gasteiger partial charge is 0.335 e. The van der Waals surface area contributed by atoms with Gasteiger partial charge in [-0.3, -0.25) is 9.11 Å². The average molecular weight is 790 g/mol. The first kappa shape index (κ1) is 37.6. The van der Waals surface area contributed by atoms with Crippen molar-refractivity contribution in [3.63, 3.8) is 0 Å². The predicted octanol–water partition coefficient (Wildman–Crippen LogP) is 7.28. The number of carboxylic acids is 2. The quantitative estimate of drug-likeness (QED) is 0.0486. The second-order valence-electron chi connectivity index (χ2n) is 11.5. The van der Waals surface area contributed by atoms with Crippen molar-refractivity contribution in [3.05, 3.63) is 96.1 Å². The molecule has 0 bridgehead atoms. The van der Waals surface area contributed by atoms with E-state index >= 15 is 0 Å². The fraction of sp³-hybridized carbons (Fsp3) is 0. The Labute approximate surface area is 307 Å². The molecule has 6 aromatic rings. The van der Waals surface area contributed by atoms with Crippen LogP contribution in [0.1, 0.15) is 20.7 Å². The Morgan fingerprint density at radius 2 is 0.891 bits per heavy atom. The number of aromatic carboxylic acids is 2. The van der Waals surface area contributed by atoms with Crippen molar-refractivity contribution in [2.24, 2.45) is 20.5 Å². The van der Waals surface area contributed by atoms with Gasteiger partial charge in [-0.1, -0.05) is 0 Å². The lowest BCUT2D eigenvalue weighted by molar-refractivity contribution is 0.0686. The first-order valence-electron chi connectivity index (χ1n) is 15.1. The van der Waals surface area contributed by atoms with Crippen LogP contribution in [0.2, 0.25) is 0 Å². The molecule has 0 unspecified atom stereocenters. The minimum absolute atomic E-state index is 0.0476. The van der Waals surface area contributed by atoms with Crippen LogP contribution in [-0.2, 0) is 20.2 Å². The van der Waals surface area contributed by atoms with Gasteiger partial charge in [-0.15, -0.1) is 20.5 Å². The summed E-state index contributed by atoms with van der Waals surface area (Å²) in [5, 5.41) is 78.5. The van der Waals surface area contributed by atoms with Gasteiger partial charge in [0.2, 0.25) is 0 Å². The second-order valence-corrected chi connectivity index (χ2v) is 14.3. The highest BCUT2D eigenvalue weighted by Crippen LogP contribution is 2.45. The number of carboxylic acid groups (broad SMARTS) is 2. The molecule has 0 aliphatic rings. The normalized spacial score (nSPS) is 12.2. The van der Waals surface area contributed by atoms with Crippen LogP contribution in [0.5, 0.6) is 23.0 Å². The SMILES string of the molecule is O=C(O)c1ccc(N=Nc2c(S(=O)(=O)O)cc3cc(Nc4ccc5c(O)c(N=Nc6ccc(C(=O)O)cc6O)c(S(=O)(=O)O)cc5c4)ccc3c2O)c(O)c1. The fourth-order valence-corrected chi connectivity index (χ4v) is 6.62. The molecule has 21 heteroatoms. The number of carbonyl (C=O) groups is 2. The summed E-state index contributed by atoms with van der Waals surface area (Å²) in [5.74, 6) is -5.33. The number of nitrogens with one attached hydrogen (secondary N) is 1. The highest BCUT2D eigenvalue weighted by molar-refractivity contribution is 7.86. The van der Waals surface area contributed by atoms with E-state index in [0.717, 1.165) is 48.5 Å². The lowest BCUT2D eigenvalue weighted by atomic mass is 10.1. The average Bonchev–Trinajstić information content (AvgIpc) is 3.10. The number of hydrogen-bond donors (Lipinski definition) is 9. The molecule has 0 fully saturated rings. The number of nitrogens with zero attached hydrogens (tertiary/aromatic N) is 4. The zero-order chi connectivity index (χ0) is 40.0. The van der Waals surface area contributed by atoms with Crippen LogP contribution in [-0.4, -0.2) is 68.5 Å². The van der Waals surface area contributed by atoms with Crippen LogP contribution in [0, 0.1) is 0 Å². The highest BCUT2D eigenvalue weighted by Gasteiger charge is 2.24. The van der Waals surface area contributed by atoms with Gasteiger partial charge in [-0.05, 0) is 95.7 Å². The summed E-state index contributed by atoms with van der Waals surface area (Å²) in [6.07, 6.45) is 0. The van der Waals surface area contributed by atoms with Crippen molar-refractivity contribution in [2.75, 3.05) is 5.32 Å². The van der Waals surface area contributed by atoms with Gasteiger partial charge in [0, 0.05) is 22.1 Å². The Bertz CT molecular complexity index is 2720. The molecule has 0 aliphatic heterocycles. The molecule has 0 radical (unpaired) electrons. The third-order valence-corrected chi connectivity index (χ3v) is 9.64. The molecule has 9 N–H and O–H groups in total. The second kappa shape index (κ2) is 14.0. The number of fused-ring (bicyclic) bond motifs is 2. The molecule has 0 heterocycles. The van der Waals surface area contributed by atoms with E-state index in [-0.39, 0.29) is 55.4 Å². The molecular weight excluding hydrogens is 767 g/mol. The summed E-state index contributed by atoms with van der Waals surface area (Å²) in [5.41, 5.74) is -1.89. The highest BCUT2D eigenvalue weighted by atomic mass is 32.2. The van der Waals surface area contributed by atoms with Gasteiger partial charge in [0.25, 0.3) is 20.2 Å². The maximum Gasteiger partial charge on any atom is 0.335 e. The van der Waals surface area contributed by atoms with Gasteiger partial charge >= 0.3 is 11.9 Å². The van der Waals surface area contributed by atoms with Crippen molar-refractivity contribution in [3.8, 4) is 23.0 Å². The zero-order valence-corrected chi connectivity index (χ0v) is 28.8. The molecule has 0 aliphatic carbocycles. The van der Waals surface area contributed by atoms with Crippen LogP contribution in [0.15, 0.2) is 115 Å². The van der Waals surface area contributed by atoms with Gasteiger partial charge in [-0.2, -0.15) is 16.8 Å². The number of rotatable bonds is 10. The van der Waals surface area contributed by atoms with Crippen molar-refractivity contribution in [1.82, 2.24) is 0 Å². The van der Waals surface area contributed by atoms with Crippen LogP contribution in [0.4, 0.5) is 34.1 Å². The molecule has 280 valence electrons. The summed E-state index contributed by atoms with van der Waals surface area (Å²) in [4.78, 5) is 20.6. The molecule has 19 nitrogen and oxygen atoms in total. The van der Waals surface area contributed by atoms with Gasteiger partial charge in [0.1, 0.15) is 44.0 Å². The van der Waals surface area contributed by atoms with Crippen LogP contribution in [0.25, 0.3) is 21.5 Å². The predicted molar refractivity (Wildman–Crippen MR) is 193 cm³/mol. The number of benzene rings is 6. The molecule has 6 rings (SSSR count). The van der Waals surface area contributed by atoms with E-state index in [4.69, 9.17) is 10.2 Å². The Hall–Kier alpha value is -7.20. The van der Waals surface area contributed by atoms with E-state index in [9.17, 15) is 56.0 Å². The van der Waals surface area contributed by atoms with Gasteiger partial charge in [0.05, 0.1) is 11.1 Å². The Balaban J connectivity index is 1.36. The standard InChI is InChI=1S/C34H23N5O14S2/c40-25-11-15(33(44)45)1-7-23(25)36-38-29-27(54(48,49)50)13-17-9-19(3-5-21(17)31(29)42)35-20-4-6-22-18(10-20)14-28(55(51,52)53)30(32(22)43)39-37-24-8-2-16(34(46)47)12-26(24)41/h1-14,35,40-43H,(H,44,45)(H,46,47)(H,48,49,50)(H,51,52,53). The van der Waals surface area contributed by atoms with Gasteiger partial charge in [-0.25, -0.2) is 9.59 Å². The van der Waals surface area contributed by atoms with Crippen molar-refractivity contribution < 1.29 is 66.2 Å². The summed E-state index contributed by atoms with van der Waals surface area (Å²) in [6.45, 7) is 0. The number of azo groups is 2. The zero-order valence-electron chi connectivity index (χ0n) is 27.2. The molecule has 0 aromatic heterocycles. The molecule has 55 heavy (non-hydrogen) atoms. The first-order valence-corrected chi connectivity index (χ1v) is 18.0. The first-order chi connectivity index (χ1) is 25.8. The van der Waals surface area contributed by atoms with Crippen molar-refractivity contribution in [2.45, 2.75) is 9.79 Å². The number of anilines is 2. The van der Waals surface area contributed by atoms with E-state index in [1.54, 1.807) is 0 Å². The lowest BCUT2D eigenvalue weighted by Gasteiger charge is -2.13. The molecule has 0 saturated carbocycles. The minimum Gasteiger partial charge on any atom is -0.506 e. The Kier molecular flexibility index (Phi) is 9.55. The maximum absolute atomic E-state index is 12.3. The maximum atomic E-state index is 12.3. The topological polar surface area (TPSA) is 326 Å². The van der Waals surface area contributed by atoms with Crippen LogP contribution < -0.4 is 5.32 Å². The van der Waals surface area contributed by atoms with Gasteiger partial charge in [0.15, 0.2) is 11.5 Å². The van der Waals surface area contributed by atoms with E-state index in [0.29, 0.717) is 0 Å². The largest absolute Gasteiger partial charge is 0.506 e. The van der Waals surface area contributed by atoms with Crippen LogP contribution >= 0.6 is 0 Å². The lowest BCUT2D eigenvalue weighted by Crippen LogP contribution is -2.00. The third-order valence-electron chi connectivity index (χ3n) is 7.91. The molecule has 0 amide bonds. The summed E-state index contributed by atoms with van der Waals surface area (Å²) < 4.78 is 69.3.